The Morgan fingerprint density at radius 1 is 1.14 bits per heavy atom. The normalized spacial score (nSPS) is 19.0. The largest absolute Gasteiger partial charge is 0.263 e. The number of hydrogen-bond donors (Lipinski definition) is 1. The van der Waals surface area contributed by atoms with Crippen molar-refractivity contribution in [3.63, 3.8) is 0 Å². The van der Waals surface area contributed by atoms with Crippen molar-refractivity contribution in [1.29, 1.82) is 0 Å². The molecule has 0 radical (unpaired) electrons. The summed E-state index contributed by atoms with van der Waals surface area (Å²) in [6.45, 7) is 7.01. The van der Waals surface area contributed by atoms with E-state index < -0.39 is 10.9 Å². The molecule has 0 saturated heterocycles. The van der Waals surface area contributed by atoms with E-state index in [1.165, 1.54) is 16.8 Å². The third-order valence-electron chi connectivity index (χ3n) is 3.69. The summed E-state index contributed by atoms with van der Waals surface area (Å²) in [5.41, 5.74) is 6.97. The van der Waals surface area contributed by atoms with Gasteiger partial charge in [0.2, 0.25) is 0 Å². The third kappa shape index (κ3) is 3.08. The number of hydrogen-bond acceptors (Lipinski definition) is 3. The summed E-state index contributed by atoms with van der Waals surface area (Å²) >= 11 is 0. The van der Waals surface area contributed by atoms with Crippen molar-refractivity contribution in [2.24, 2.45) is 10.2 Å². The van der Waals surface area contributed by atoms with Gasteiger partial charge in [-0.05, 0) is 38.0 Å². The van der Waals surface area contributed by atoms with E-state index in [1.807, 2.05) is 17.2 Å². The fourth-order valence-corrected chi connectivity index (χ4v) is 4.25. The van der Waals surface area contributed by atoms with Gasteiger partial charge in [0.25, 0.3) is 0 Å². The fourth-order valence-electron chi connectivity index (χ4n) is 2.47. The molecule has 5 heteroatoms. The number of aromatic nitrogens is 2. The van der Waals surface area contributed by atoms with Crippen LogP contribution in [0.3, 0.4) is 0 Å². The fraction of sp³-hybridized carbons (Fsp3) is 0.312. The van der Waals surface area contributed by atoms with E-state index in [1.54, 1.807) is 0 Å². The molecule has 0 saturated carbocycles. The first-order valence-electron chi connectivity index (χ1n) is 7.06. The minimum atomic E-state index is -0.430. The van der Waals surface area contributed by atoms with Crippen LogP contribution in [0.2, 0.25) is 0 Å². The summed E-state index contributed by atoms with van der Waals surface area (Å²) in [7, 11) is -0.430. The van der Waals surface area contributed by atoms with Gasteiger partial charge in [-0.3, -0.25) is 4.68 Å². The van der Waals surface area contributed by atoms with E-state index in [2.05, 4.69) is 59.5 Å². The Labute approximate surface area is 127 Å². The van der Waals surface area contributed by atoms with Gasteiger partial charge in [-0.1, -0.05) is 24.3 Å². The molecule has 0 amide bonds. The Bertz CT molecular complexity index is 715. The van der Waals surface area contributed by atoms with Gasteiger partial charge >= 0.3 is 0 Å². The lowest BCUT2D eigenvalue weighted by molar-refractivity contribution is 0.695. The van der Waals surface area contributed by atoms with Crippen molar-refractivity contribution < 1.29 is 0 Å². The van der Waals surface area contributed by atoms with E-state index in [4.69, 9.17) is 0 Å². The van der Waals surface area contributed by atoms with Crippen molar-refractivity contribution in [2.75, 3.05) is 0 Å². The Morgan fingerprint density at radius 3 is 2.67 bits per heavy atom. The molecule has 21 heavy (non-hydrogen) atoms. The Balaban J connectivity index is 1.75. The maximum atomic E-state index is 4.52. The van der Waals surface area contributed by atoms with Gasteiger partial charge in [0.15, 0.2) is 0 Å². The predicted octanol–water partition coefficient (Wildman–Crippen LogP) is 3.37. The molecule has 110 valence electrons. The summed E-state index contributed by atoms with van der Waals surface area (Å²) in [6.07, 6.45) is 0. The molecule has 0 bridgehead atoms. The SMILES string of the molecule is Cc1cc(C)n(CC2=NN=C[SH]2Cc2ccccc2C)n1. The smallest absolute Gasteiger partial charge is 0.103 e. The molecule has 1 unspecified atom stereocenters. The molecule has 3 rings (SSSR count). The quantitative estimate of drug-likeness (QED) is 0.864. The van der Waals surface area contributed by atoms with E-state index in [0.717, 1.165) is 23.0 Å². The topological polar surface area (TPSA) is 42.5 Å². The molecule has 1 aromatic heterocycles. The van der Waals surface area contributed by atoms with Crippen molar-refractivity contribution in [3.8, 4) is 0 Å². The van der Waals surface area contributed by atoms with E-state index in [9.17, 15) is 0 Å². The molecule has 2 aromatic rings. The molecule has 4 nitrogen and oxygen atoms in total. The van der Waals surface area contributed by atoms with Gasteiger partial charge in [0.1, 0.15) is 5.04 Å². The molecule has 0 spiro atoms. The highest BCUT2D eigenvalue weighted by Crippen LogP contribution is 2.34. The number of benzene rings is 1. The zero-order valence-electron chi connectivity index (χ0n) is 12.6. The summed E-state index contributed by atoms with van der Waals surface area (Å²) in [5.74, 6) is 1.02. The molecular formula is C16H20N4S. The molecule has 1 atom stereocenters. The Hall–Kier alpha value is -1.88. The zero-order chi connectivity index (χ0) is 14.8. The first kappa shape index (κ1) is 14.1. The molecule has 1 aromatic carbocycles. The molecule has 1 aliphatic rings. The van der Waals surface area contributed by atoms with Gasteiger partial charge in [0.05, 0.1) is 17.8 Å². The maximum Gasteiger partial charge on any atom is 0.103 e. The standard InChI is InChI=1S/C16H20N4S/c1-12-6-4-5-7-15(12)10-21-11-17-18-16(21)9-20-14(3)8-13(2)19-20/h4-8,11,21H,9-10H2,1-3H3. The lowest BCUT2D eigenvalue weighted by Gasteiger charge is -2.16. The summed E-state index contributed by atoms with van der Waals surface area (Å²) in [4.78, 5) is 0. The van der Waals surface area contributed by atoms with Gasteiger partial charge in [-0.2, -0.15) is 21.1 Å². The van der Waals surface area contributed by atoms with Gasteiger partial charge in [-0.25, -0.2) is 0 Å². The second-order valence-electron chi connectivity index (χ2n) is 5.39. The average molecular weight is 300 g/mol. The lowest BCUT2D eigenvalue weighted by atomic mass is 10.1. The molecule has 2 heterocycles. The molecular weight excluding hydrogens is 280 g/mol. The molecule has 0 aliphatic carbocycles. The number of aryl methyl sites for hydroxylation is 3. The predicted molar refractivity (Wildman–Crippen MR) is 91.5 cm³/mol. The highest BCUT2D eigenvalue weighted by molar-refractivity contribution is 8.39. The van der Waals surface area contributed by atoms with E-state index >= 15 is 0 Å². The summed E-state index contributed by atoms with van der Waals surface area (Å²) in [6, 6.07) is 10.6. The van der Waals surface area contributed by atoms with E-state index in [0.29, 0.717) is 0 Å². The van der Waals surface area contributed by atoms with Crippen molar-refractivity contribution >= 4 is 21.5 Å². The van der Waals surface area contributed by atoms with Crippen molar-refractivity contribution in [1.82, 2.24) is 9.78 Å². The lowest BCUT2D eigenvalue weighted by Crippen LogP contribution is -2.13. The van der Waals surface area contributed by atoms with Crippen LogP contribution in [0.4, 0.5) is 0 Å². The van der Waals surface area contributed by atoms with Gasteiger partial charge < -0.3 is 0 Å². The Kier molecular flexibility index (Phi) is 3.92. The monoisotopic (exact) mass is 300 g/mol. The maximum absolute atomic E-state index is 4.52. The second kappa shape index (κ2) is 5.85. The van der Waals surface area contributed by atoms with Crippen LogP contribution in [-0.2, 0) is 12.3 Å². The zero-order valence-corrected chi connectivity index (χ0v) is 13.5. The number of rotatable bonds is 4. The van der Waals surface area contributed by atoms with Crippen LogP contribution in [0.15, 0.2) is 40.5 Å². The van der Waals surface area contributed by atoms with Crippen LogP contribution in [-0.4, -0.2) is 20.4 Å². The van der Waals surface area contributed by atoms with Crippen LogP contribution in [0, 0.1) is 20.8 Å². The van der Waals surface area contributed by atoms with Crippen LogP contribution < -0.4 is 0 Å². The summed E-state index contributed by atoms with van der Waals surface area (Å²) in [5, 5.41) is 14.2. The van der Waals surface area contributed by atoms with Crippen molar-refractivity contribution in [3.05, 3.63) is 52.8 Å². The summed E-state index contributed by atoms with van der Waals surface area (Å²) < 4.78 is 2.02. The van der Waals surface area contributed by atoms with Gasteiger partial charge in [-0.15, -0.1) is 5.10 Å². The second-order valence-corrected chi connectivity index (χ2v) is 7.39. The first-order chi connectivity index (χ1) is 10.1. The highest BCUT2D eigenvalue weighted by Gasteiger charge is 2.17. The van der Waals surface area contributed by atoms with Crippen LogP contribution >= 0.6 is 10.9 Å². The van der Waals surface area contributed by atoms with E-state index in [-0.39, 0.29) is 0 Å². The average Bonchev–Trinajstić information content (AvgIpc) is 3.00. The Morgan fingerprint density at radius 2 is 1.95 bits per heavy atom. The minimum Gasteiger partial charge on any atom is -0.263 e. The van der Waals surface area contributed by atoms with Crippen LogP contribution in [0.25, 0.3) is 0 Å². The van der Waals surface area contributed by atoms with Crippen LogP contribution in [0.1, 0.15) is 22.5 Å². The minimum absolute atomic E-state index is 0.430. The number of thiol groups is 1. The van der Waals surface area contributed by atoms with Crippen molar-refractivity contribution in [2.45, 2.75) is 33.1 Å². The highest BCUT2D eigenvalue weighted by atomic mass is 32.2. The number of nitrogens with zero attached hydrogens (tertiary/aromatic N) is 4. The molecule has 0 N–H and O–H groups in total. The molecule has 1 aliphatic heterocycles. The first-order valence-corrected chi connectivity index (χ1v) is 8.65. The van der Waals surface area contributed by atoms with Crippen LogP contribution in [0.5, 0.6) is 0 Å². The van der Waals surface area contributed by atoms with Gasteiger partial charge in [0, 0.05) is 11.4 Å². The molecule has 0 fully saturated rings. The third-order valence-corrected chi connectivity index (χ3v) is 5.65.